The Morgan fingerprint density at radius 1 is 1.60 bits per heavy atom. The van der Waals surface area contributed by atoms with Crippen LogP contribution in [0.4, 0.5) is 14.9 Å². The van der Waals surface area contributed by atoms with Gasteiger partial charge in [0.25, 0.3) is 0 Å². The standard InChI is InChI=1S/C12H13BrFN3O3/c1-16(8-2-3-15-10(13)5-8)11(18)9-4-7(14)6-17(9)12(19)20/h2-3,5,7,9H,4,6H2,1H3,(H,19,20)/t7-,9+/m1/s1. The van der Waals surface area contributed by atoms with E-state index in [1.807, 2.05) is 0 Å². The molecule has 8 heteroatoms. The Morgan fingerprint density at radius 3 is 2.90 bits per heavy atom. The van der Waals surface area contributed by atoms with Crippen LogP contribution in [0.5, 0.6) is 0 Å². The van der Waals surface area contributed by atoms with Crippen LogP contribution in [-0.4, -0.2) is 52.8 Å². The van der Waals surface area contributed by atoms with Gasteiger partial charge in [0, 0.05) is 25.4 Å². The molecule has 2 atom stereocenters. The Morgan fingerprint density at radius 2 is 2.30 bits per heavy atom. The number of aromatic nitrogens is 1. The molecule has 2 rings (SSSR count). The van der Waals surface area contributed by atoms with Gasteiger partial charge in [-0.1, -0.05) is 0 Å². The molecule has 1 aromatic rings. The Kier molecular flexibility index (Phi) is 4.22. The van der Waals surface area contributed by atoms with E-state index in [2.05, 4.69) is 20.9 Å². The molecule has 0 spiro atoms. The lowest BCUT2D eigenvalue weighted by atomic mass is 10.2. The van der Waals surface area contributed by atoms with E-state index in [4.69, 9.17) is 5.11 Å². The summed E-state index contributed by atoms with van der Waals surface area (Å²) in [6.07, 6.45) is -1.18. The fraction of sp³-hybridized carbons (Fsp3) is 0.417. The molecule has 6 nitrogen and oxygen atoms in total. The van der Waals surface area contributed by atoms with E-state index in [0.717, 1.165) is 4.90 Å². The second-order valence-electron chi connectivity index (χ2n) is 4.52. The maximum atomic E-state index is 13.4. The fourth-order valence-electron chi connectivity index (χ4n) is 2.18. The zero-order chi connectivity index (χ0) is 14.9. The van der Waals surface area contributed by atoms with Crippen molar-refractivity contribution >= 4 is 33.6 Å². The Balaban J connectivity index is 2.20. The topological polar surface area (TPSA) is 73.7 Å². The number of rotatable bonds is 2. The molecule has 0 aliphatic carbocycles. The summed E-state index contributed by atoms with van der Waals surface area (Å²) in [5.41, 5.74) is 0.560. The summed E-state index contributed by atoms with van der Waals surface area (Å²) in [4.78, 5) is 29.5. The van der Waals surface area contributed by atoms with Gasteiger partial charge in [-0.3, -0.25) is 9.69 Å². The smallest absolute Gasteiger partial charge is 0.408 e. The number of nitrogens with zero attached hydrogens (tertiary/aromatic N) is 3. The molecule has 1 aliphatic rings. The minimum Gasteiger partial charge on any atom is -0.465 e. The van der Waals surface area contributed by atoms with Gasteiger partial charge in [0.1, 0.15) is 16.8 Å². The van der Waals surface area contributed by atoms with Crippen LogP contribution < -0.4 is 4.90 Å². The highest BCUT2D eigenvalue weighted by molar-refractivity contribution is 9.10. The second kappa shape index (κ2) is 5.74. The molecule has 2 heterocycles. The van der Waals surface area contributed by atoms with Crippen LogP contribution in [0.15, 0.2) is 22.9 Å². The van der Waals surface area contributed by atoms with Crippen molar-refractivity contribution < 1.29 is 19.1 Å². The molecule has 1 saturated heterocycles. The third-order valence-corrected chi connectivity index (χ3v) is 3.64. The highest BCUT2D eigenvalue weighted by Crippen LogP contribution is 2.25. The summed E-state index contributed by atoms with van der Waals surface area (Å²) in [6.45, 7) is -0.264. The summed E-state index contributed by atoms with van der Waals surface area (Å²) in [7, 11) is 1.52. The van der Waals surface area contributed by atoms with Crippen LogP contribution in [0.1, 0.15) is 6.42 Å². The van der Waals surface area contributed by atoms with Crippen molar-refractivity contribution in [1.29, 1.82) is 0 Å². The summed E-state index contributed by atoms with van der Waals surface area (Å²) in [6, 6.07) is 2.26. The predicted molar refractivity (Wildman–Crippen MR) is 73.4 cm³/mol. The lowest BCUT2D eigenvalue weighted by Gasteiger charge is -2.25. The number of pyridine rings is 1. The number of carbonyl (C=O) groups is 2. The van der Waals surface area contributed by atoms with E-state index in [1.54, 1.807) is 12.1 Å². The average molecular weight is 346 g/mol. The third kappa shape index (κ3) is 2.90. The van der Waals surface area contributed by atoms with Gasteiger partial charge >= 0.3 is 6.09 Å². The lowest BCUT2D eigenvalue weighted by Crippen LogP contribution is -2.46. The Bertz CT molecular complexity index is 542. The van der Waals surface area contributed by atoms with E-state index in [0.29, 0.717) is 10.3 Å². The van der Waals surface area contributed by atoms with E-state index < -0.39 is 24.2 Å². The van der Waals surface area contributed by atoms with Gasteiger partial charge < -0.3 is 10.0 Å². The molecule has 1 aliphatic heterocycles. The average Bonchev–Trinajstić information content (AvgIpc) is 2.79. The van der Waals surface area contributed by atoms with Gasteiger partial charge in [-0.25, -0.2) is 14.2 Å². The van der Waals surface area contributed by atoms with E-state index >= 15 is 0 Å². The second-order valence-corrected chi connectivity index (χ2v) is 5.33. The molecule has 108 valence electrons. The van der Waals surface area contributed by atoms with Gasteiger partial charge in [-0.2, -0.15) is 0 Å². The minimum absolute atomic E-state index is 0.109. The SMILES string of the molecule is CN(C(=O)[C@@H]1C[C@@H](F)CN1C(=O)O)c1ccnc(Br)c1. The largest absolute Gasteiger partial charge is 0.465 e. The number of hydrogen-bond acceptors (Lipinski definition) is 3. The molecule has 0 unspecified atom stereocenters. The number of amides is 2. The molecular formula is C12H13BrFN3O3. The third-order valence-electron chi connectivity index (χ3n) is 3.21. The molecule has 20 heavy (non-hydrogen) atoms. The number of likely N-dealkylation sites (N-methyl/N-ethyl adjacent to an activating group) is 1. The maximum absolute atomic E-state index is 13.4. The first kappa shape index (κ1) is 14.7. The Labute approximate surface area is 123 Å². The van der Waals surface area contributed by atoms with E-state index in [1.165, 1.54) is 18.1 Å². The van der Waals surface area contributed by atoms with Crippen molar-refractivity contribution in [3.05, 3.63) is 22.9 Å². The summed E-state index contributed by atoms with van der Waals surface area (Å²) < 4.78 is 13.9. The normalized spacial score (nSPS) is 21.9. The molecule has 0 radical (unpaired) electrons. The van der Waals surface area contributed by atoms with Crippen molar-refractivity contribution in [2.24, 2.45) is 0 Å². The highest BCUT2D eigenvalue weighted by atomic mass is 79.9. The van der Waals surface area contributed by atoms with Crippen LogP contribution in [0.3, 0.4) is 0 Å². The zero-order valence-corrected chi connectivity index (χ0v) is 12.2. The lowest BCUT2D eigenvalue weighted by molar-refractivity contribution is -0.122. The zero-order valence-electron chi connectivity index (χ0n) is 10.7. The summed E-state index contributed by atoms with van der Waals surface area (Å²) in [5, 5.41) is 9.02. The highest BCUT2D eigenvalue weighted by Gasteiger charge is 2.41. The molecule has 0 saturated carbocycles. The molecule has 1 aromatic heterocycles. The maximum Gasteiger partial charge on any atom is 0.408 e. The van der Waals surface area contributed by atoms with Gasteiger partial charge in [0.15, 0.2) is 0 Å². The molecule has 2 amide bonds. The quantitative estimate of drug-likeness (QED) is 0.830. The van der Waals surface area contributed by atoms with E-state index in [9.17, 15) is 14.0 Å². The van der Waals surface area contributed by atoms with Crippen LogP contribution in [-0.2, 0) is 4.79 Å². The van der Waals surface area contributed by atoms with Crippen LogP contribution >= 0.6 is 15.9 Å². The van der Waals surface area contributed by atoms with Crippen LogP contribution in [0, 0.1) is 0 Å². The number of halogens is 2. The monoisotopic (exact) mass is 345 g/mol. The number of carbonyl (C=O) groups excluding carboxylic acids is 1. The molecule has 0 aromatic carbocycles. The number of likely N-dealkylation sites (tertiary alicyclic amines) is 1. The Hall–Kier alpha value is -1.70. The fourth-order valence-corrected chi connectivity index (χ4v) is 2.53. The van der Waals surface area contributed by atoms with Crippen LogP contribution in [0.2, 0.25) is 0 Å². The van der Waals surface area contributed by atoms with Crippen molar-refractivity contribution in [2.75, 3.05) is 18.5 Å². The van der Waals surface area contributed by atoms with Crippen molar-refractivity contribution in [1.82, 2.24) is 9.88 Å². The number of carboxylic acid groups (broad SMARTS) is 1. The molecular weight excluding hydrogens is 333 g/mol. The van der Waals surface area contributed by atoms with Gasteiger partial charge in [0.05, 0.1) is 6.54 Å². The van der Waals surface area contributed by atoms with Gasteiger partial charge in [0.2, 0.25) is 5.91 Å². The minimum atomic E-state index is -1.31. The van der Waals surface area contributed by atoms with Gasteiger partial charge in [-0.05, 0) is 28.1 Å². The predicted octanol–water partition coefficient (Wildman–Crippen LogP) is 1.90. The number of alkyl halides is 1. The first-order chi connectivity index (χ1) is 9.40. The molecule has 1 fully saturated rings. The van der Waals surface area contributed by atoms with E-state index in [-0.39, 0.29) is 13.0 Å². The van der Waals surface area contributed by atoms with Crippen molar-refractivity contribution in [3.63, 3.8) is 0 Å². The first-order valence-corrected chi connectivity index (χ1v) is 6.72. The summed E-state index contributed by atoms with van der Waals surface area (Å²) in [5.74, 6) is -0.453. The van der Waals surface area contributed by atoms with Crippen molar-refractivity contribution in [3.8, 4) is 0 Å². The number of hydrogen-bond donors (Lipinski definition) is 1. The molecule has 1 N–H and O–H groups in total. The van der Waals surface area contributed by atoms with Gasteiger partial charge in [-0.15, -0.1) is 0 Å². The number of anilines is 1. The first-order valence-electron chi connectivity index (χ1n) is 5.93. The van der Waals surface area contributed by atoms with Crippen molar-refractivity contribution in [2.45, 2.75) is 18.6 Å². The molecule has 0 bridgehead atoms. The summed E-state index contributed by atoms with van der Waals surface area (Å²) >= 11 is 3.19. The van der Waals surface area contributed by atoms with Crippen LogP contribution in [0.25, 0.3) is 0 Å².